The van der Waals surface area contributed by atoms with Gasteiger partial charge in [0.2, 0.25) is 5.40 Å². The molecule has 0 heterocycles. The van der Waals surface area contributed by atoms with Crippen LogP contribution in [0.2, 0.25) is 0 Å². The highest BCUT2D eigenvalue weighted by molar-refractivity contribution is 7.97. The lowest BCUT2D eigenvalue weighted by molar-refractivity contribution is 0.342. The maximum Gasteiger partial charge on any atom is 0.345 e. The lowest BCUT2D eigenvalue weighted by atomic mass is 10.1. The summed E-state index contributed by atoms with van der Waals surface area (Å²) in [5.41, 5.74) is 1.28. The lowest BCUT2D eigenvalue weighted by Crippen LogP contribution is -2.23. The van der Waals surface area contributed by atoms with Gasteiger partial charge in [0.1, 0.15) is 11.5 Å². The summed E-state index contributed by atoms with van der Waals surface area (Å²) in [5.74, 6) is 0.596. The van der Waals surface area contributed by atoms with Gasteiger partial charge in [-0.2, -0.15) is 0 Å². The van der Waals surface area contributed by atoms with E-state index in [0.717, 1.165) is 31.4 Å². The third-order valence-electron chi connectivity index (χ3n) is 3.51. The molecular weight excluding hydrogens is 358 g/mol. The van der Waals surface area contributed by atoms with Crippen molar-refractivity contribution in [2.45, 2.75) is 31.1 Å². The lowest BCUT2D eigenvalue weighted by Gasteiger charge is -2.18. The highest BCUT2D eigenvalue weighted by atomic mass is 32.2. The van der Waals surface area contributed by atoms with Crippen LogP contribution in [0.5, 0.6) is 0 Å². The molecule has 0 saturated heterocycles. The SMILES string of the molecule is C[S+](CCCCCc1ccccc1)CC(P(=O)(O)O)P(=O)(O)O. The minimum Gasteiger partial charge on any atom is -0.324 e. The molecule has 9 heteroatoms. The molecule has 1 atom stereocenters. The number of hydrogen-bond acceptors (Lipinski definition) is 2. The van der Waals surface area contributed by atoms with Gasteiger partial charge in [-0.05, 0) is 42.1 Å². The van der Waals surface area contributed by atoms with Gasteiger partial charge in [-0.15, -0.1) is 0 Å². The quantitative estimate of drug-likeness (QED) is 0.280. The van der Waals surface area contributed by atoms with Gasteiger partial charge in [-0.25, -0.2) is 0 Å². The molecule has 0 fully saturated rings. The van der Waals surface area contributed by atoms with Gasteiger partial charge in [-0.1, -0.05) is 30.3 Å². The van der Waals surface area contributed by atoms with E-state index in [-0.39, 0.29) is 5.75 Å². The van der Waals surface area contributed by atoms with Gasteiger partial charge < -0.3 is 19.6 Å². The molecule has 0 aliphatic carbocycles. The topological polar surface area (TPSA) is 115 Å². The first kappa shape index (κ1) is 20.9. The molecule has 0 amide bonds. The third kappa shape index (κ3) is 8.50. The van der Waals surface area contributed by atoms with Gasteiger partial charge in [0.25, 0.3) is 0 Å². The van der Waals surface area contributed by atoms with Crippen LogP contribution in [0.1, 0.15) is 24.8 Å². The van der Waals surface area contributed by atoms with Crippen LogP contribution in [-0.2, 0) is 26.4 Å². The molecule has 1 aromatic carbocycles. The molecule has 0 saturated carbocycles. The van der Waals surface area contributed by atoms with Crippen molar-refractivity contribution in [2.24, 2.45) is 0 Å². The smallest absolute Gasteiger partial charge is 0.324 e. The van der Waals surface area contributed by atoms with Crippen molar-refractivity contribution in [3.05, 3.63) is 35.9 Å². The predicted molar refractivity (Wildman–Crippen MR) is 94.9 cm³/mol. The van der Waals surface area contributed by atoms with E-state index in [1.54, 1.807) is 6.26 Å². The normalized spacial score (nSPS) is 14.2. The van der Waals surface area contributed by atoms with Crippen molar-refractivity contribution < 1.29 is 28.7 Å². The predicted octanol–water partition coefficient (Wildman–Crippen LogP) is 2.33. The molecule has 4 N–H and O–H groups in total. The molecular formula is C14H25O6P2S+. The van der Waals surface area contributed by atoms with Crippen LogP contribution in [0.25, 0.3) is 0 Å². The Kier molecular flexibility index (Phi) is 8.53. The Morgan fingerprint density at radius 1 is 0.957 bits per heavy atom. The van der Waals surface area contributed by atoms with E-state index in [2.05, 4.69) is 12.1 Å². The van der Waals surface area contributed by atoms with Crippen LogP contribution in [-0.4, -0.2) is 42.7 Å². The average Bonchev–Trinajstić information content (AvgIpc) is 2.43. The Labute approximate surface area is 140 Å². The van der Waals surface area contributed by atoms with Crippen LogP contribution >= 0.6 is 15.2 Å². The maximum atomic E-state index is 11.3. The van der Waals surface area contributed by atoms with Crippen molar-refractivity contribution in [3.8, 4) is 0 Å². The Hall–Kier alpha value is -0.130. The van der Waals surface area contributed by atoms with E-state index in [1.807, 2.05) is 18.2 Å². The number of rotatable bonds is 10. The maximum absolute atomic E-state index is 11.3. The van der Waals surface area contributed by atoms with Crippen LogP contribution in [0.4, 0.5) is 0 Å². The van der Waals surface area contributed by atoms with Crippen LogP contribution in [0.3, 0.4) is 0 Å². The molecule has 1 aromatic rings. The second kappa shape index (κ2) is 9.38. The van der Waals surface area contributed by atoms with Gasteiger partial charge in [0, 0.05) is 0 Å². The molecule has 132 valence electrons. The highest BCUT2D eigenvalue weighted by Crippen LogP contribution is 2.60. The van der Waals surface area contributed by atoms with Crippen molar-refractivity contribution >= 4 is 26.1 Å². The number of benzene rings is 1. The minimum absolute atomic E-state index is 0.132. The summed E-state index contributed by atoms with van der Waals surface area (Å²) in [5, 5.41) is -1.87. The molecule has 0 aromatic heterocycles. The minimum atomic E-state index is -4.79. The van der Waals surface area contributed by atoms with E-state index < -0.39 is 31.5 Å². The molecule has 6 nitrogen and oxygen atoms in total. The monoisotopic (exact) mass is 383 g/mol. The molecule has 0 radical (unpaired) electrons. The summed E-state index contributed by atoms with van der Waals surface area (Å²) in [6, 6.07) is 10.1. The van der Waals surface area contributed by atoms with Crippen LogP contribution in [0, 0.1) is 0 Å². The average molecular weight is 383 g/mol. The zero-order valence-electron chi connectivity index (χ0n) is 13.1. The van der Waals surface area contributed by atoms with E-state index in [1.165, 1.54) is 5.56 Å². The Bertz CT molecular complexity index is 534. The molecule has 0 aliphatic heterocycles. The van der Waals surface area contributed by atoms with E-state index in [9.17, 15) is 9.13 Å². The van der Waals surface area contributed by atoms with Gasteiger partial charge in [0.05, 0.1) is 6.26 Å². The third-order valence-corrected chi connectivity index (χ3v) is 9.62. The Balaban J connectivity index is 2.32. The van der Waals surface area contributed by atoms with E-state index >= 15 is 0 Å². The first-order chi connectivity index (χ1) is 10.6. The van der Waals surface area contributed by atoms with Crippen LogP contribution < -0.4 is 0 Å². The zero-order chi connectivity index (χ0) is 17.5. The largest absolute Gasteiger partial charge is 0.345 e. The zero-order valence-corrected chi connectivity index (χ0v) is 15.7. The first-order valence-corrected chi connectivity index (χ1v) is 12.7. The second-order valence-electron chi connectivity index (χ2n) is 5.61. The first-order valence-electron chi connectivity index (χ1n) is 7.34. The summed E-state index contributed by atoms with van der Waals surface area (Å²) < 4.78 is 22.5. The van der Waals surface area contributed by atoms with E-state index in [4.69, 9.17) is 19.6 Å². The van der Waals surface area contributed by atoms with Gasteiger partial charge in [0.15, 0.2) is 0 Å². The van der Waals surface area contributed by atoms with Crippen molar-refractivity contribution in [1.82, 2.24) is 0 Å². The second-order valence-corrected chi connectivity index (χ2v) is 11.9. The van der Waals surface area contributed by atoms with Gasteiger partial charge >= 0.3 is 15.2 Å². The van der Waals surface area contributed by atoms with E-state index in [0.29, 0.717) is 0 Å². The number of unbranched alkanes of at least 4 members (excludes halogenated alkanes) is 2. The standard InChI is InChI=1S/C14H24O6P2S/c1-23(12-14(21(15,16)17)22(18,19)20)11-7-3-6-10-13-8-4-2-5-9-13/h2,4-5,8-9,14H,3,6-7,10-12H2,1H3,(H3-,15,16,17,18,19,20)/p+1. The molecule has 0 spiro atoms. The Morgan fingerprint density at radius 2 is 1.52 bits per heavy atom. The molecule has 1 unspecified atom stereocenters. The number of aryl methyl sites for hydroxylation is 1. The fourth-order valence-electron chi connectivity index (χ4n) is 2.23. The summed E-state index contributed by atoms with van der Waals surface area (Å²) in [6.07, 6.45) is 5.70. The van der Waals surface area contributed by atoms with Crippen molar-refractivity contribution in [3.63, 3.8) is 0 Å². The summed E-state index contributed by atoms with van der Waals surface area (Å²) >= 11 is 0. The van der Waals surface area contributed by atoms with Crippen molar-refractivity contribution in [1.29, 1.82) is 0 Å². The number of hydrogen-bond donors (Lipinski definition) is 4. The van der Waals surface area contributed by atoms with Crippen molar-refractivity contribution in [2.75, 3.05) is 17.8 Å². The van der Waals surface area contributed by atoms with Gasteiger partial charge in [-0.3, -0.25) is 9.13 Å². The fourth-order valence-corrected chi connectivity index (χ4v) is 8.25. The summed E-state index contributed by atoms with van der Waals surface area (Å²) in [6.45, 7) is 0. The fraction of sp³-hybridized carbons (Fsp3) is 0.571. The molecule has 23 heavy (non-hydrogen) atoms. The van der Waals surface area contributed by atoms with Crippen LogP contribution in [0.15, 0.2) is 30.3 Å². The Morgan fingerprint density at radius 3 is 2.04 bits per heavy atom. The summed E-state index contributed by atoms with van der Waals surface area (Å²) in [7, 11) is -10.0. The molecule has 1 rings (SSSR count). The molecule has 0 bridgehead atoms. The molecule has 0 aliphatic rings. The highest BCUT2D eigenvalue weighted by Gasteiger charge is 2.47. The summed E-state index contributed by atoms with van der Waals surface area (Å²) in [4.78, 5) is 36.5.